The first-order valence-electron chi connectivity index (χ1n) is 7.75. The molecule has 0 N–H and O–H groups in total. The fraction of sp³-hybridized carbons (Fsp3) is 0.368. The van der Waals surface area contributed by atoms with Gasteiger partial charge in [0.2, 0.25) is 0 Å². The van der Waals surface area contributed by atoms with Gasteiger partial charge in [-0.05, 0) is 68.6 Å². The molecule has 0 fully saturated rings. The van der Waals surface area contributed by atoms with E-state index in [1.807, 2.05) is 11.8 Å². The smallest absolute Gasteiger partial charge is 0.0238 e. The Balaban J connectivity index is 1.91. The molecule has 0 aliphatic heterocycles. The maximum atomic E-state index is 2.31. The molecular weight excluding hydrogens is 274 g/mol. The van der Waals surface area contributed by atoms with Crippen molar-refractivity contribution in [1.82, 2.24) is 4.90 Å². The highest BCUT2D eigenvalue weighted by Crippen LogP contribution is 2.36. The van der Waals surface area contributed by atoms with Crippen LogP contribution in [-0.2, 0) is 19.4 Å². The molecule has 0 aromatic heterocycles. The third-order valence-electron chi connectivity index (χ3n) is 4.03. The van der Waals surface area contributed by atoms with Crippen molar-refractivity contribution in [3.05, 3.63) is 59.2 Å². The minimum Gasteiger partial charge on any atom is -0.305 e. The van der Waals surface area contributed by atoms with Crippen LogP contribution in [-0.4, -0.2) is 19.0 Å². The fourth-order valence-electron chi connectivity index (χ4n) is 3.04. The Morgan fingerprint density at radius 1 is 0.905 bits per heavy atom. The summed E-state index contributed by atoms with van der Waals surface area (Å²) in [6.45, 7) is 0.998. The zero-order valence-corrected chi connectivity index (χ0v) is 13.7. The van der Waals surface area contributed by atoms with Gasteiger partial charge in [-0.25, -0.2) is 0 Å². The van der Waals surface area contributed by atoms with E-state index in [1.165, 1.54) is 41.0 Å². The number of nitrogens with zero attached hydrogens (tertiary/aromatic N) is 1. The van der Waals surface area contributed by atoms with Crippen molar-refractivity contribution >= 4 is 11.8 Å². The van der Waals surface area contributed by atoms with E-state index in [0.717, 1.165) is 6.54 Å². The Morgan fingerprint density at radius 3 is 2.52 bits per heavy atom. The van der Waals surface area contributed by atoms with Gasteiger partial charge >= 0.3 is 0 Å². The normalized spacial score (nSPS) is 14.2. The Bertz CT molecular complexity index is 619. The Hall–Kier alpha value is -1.25. The van der Waals surface area contributed by atoms with E-state index in [4.69, 9.17) is 0 Å². The number of hydrogen-bond acceptors (Lipinski definition) is 2. The second-order valence-electron chi connectivity index (χ2n) is 6.05. The molecule has 0 saturated carbocycles. The van der Waals surface area contributed by atoms with Gasteiger partial charge in [-0.2, -0.15) is 0 Å². The fourth-order valence-corrected chi connectivity index (χ4v) is 4.19. The SMILES string of the molecule is CN(C)Cc1ccccc1Sc1cccc2c1CCCC2. The molecular formula is C19H23NS. The number of benzene rings is 2. The minimum atomic E-state index is 0.998. The summed E-state index contributed by atoms with van der Waals surface area (Å²) in [5.41, 5.74) is 4.57. The monoisotopic (exact) mass is 297 g/mol. The van der Waals surface area contributed by atoms with Gasteiger partial charge in [0.1, 0.15) is 0 Å². The Kier molecular flexibility index (Phi) is 4.67. The van der Waals surface area contributed by atoms with Crippen molar-refractivity contribution in [2.75, 3.05) is 14.1 Å². The number of fused-ring (bicyclic) bond motifs is 1. The summed E-state index contributed by atoms with van der Waals surface area (Å²) in [5, 5.41) is 0. The van der Waals surface area contributed by atoms with Crippen molar-refractivity contribution in [3.63, 3.8) is 0 Å². The zero-order chi connectivity index (χ0) is 14.7. The molecule has 2 aromatic carbocycles. The van der Waals surface area contributed by atoms with Crippen molar-refractivity contribution in [1.29, 1.82) is 0 Å². The summed E-state index contributed by atoms with van der Waals surface area (Å²) in [6.07, 6.45) is 5.18. The molecule has 1 aliphatic rings. The van der Waals surface area contributed by atoms with Gasteiger partial charge < -0.3 is 4.90 Å². The van der Waals surface area contributed by atoms with E-state index >= 15 is 0 Å². The second kappa shape index (κ2) is 6.67. The van der Waals surface area contributed by atoms with E-state index in [-0.39, 0.29) is 0 Å². The summed E-state index contributed by atoms with van der Waals surface area (Å²) in [4.78, 5) is 5.09. The summed E-state index contributed by atoms with van der Waals surface area (Å²) < 4.78 is 0. The summed E-state index contributed by atoms with van der Waals surface area (Å²) in [5.74, 6) is 0. The molecule has 0 saturated heterocycles. The van der Waals surface area contributed by atoms with Crippen molar-refractivity contribution in [2.24, 2.45) is 0 Å². The molecule has 0 heterocycles. The topological polar surface area (TPSA) is 3.24 Å². The Labute approximate surface area is 132 Å². The largest absolute Gasteiger partial charge is 0.305 e. The highest BCUT2D eigenvalue weighted by atomic mass is 32.2. The summed E-state index contributed by atoms with van der Waals surface area (Å²) in [6, 6.07) is 15.6. The number of aryl methyl sites for hydroxylation is 1. The number of rotatable bonds is 4. The average Bonchev–Trinajstić information content (AvgIpc) is 2.49. The van der Waals surface area contributed by atoms with Crippen LogP contribution in [0.3, 0.4) is 0 Å². The van der Waals surface area contributed by atoms with Gasteiger partial charge in [-0.1, -0.05) is 42.1 Å². The highest BCUT2D eigenvalue weighted by Gasteiger charge is 2.14. The first kappa shape index (κ1) is 14.7. The molecule has 2 heteroatoms. The third-order valence-corrected chi connectivity index (χ3v) is 5.25. The van der Waals surface area contributed by atoms with E-state index < -0.39 is 0 Å². The van der Waals surface area contributed by atoms with Crippen LogP contribution in [0.5, 0.6) is 0 Å². The number of hydrogen-bond donors (Lipinski definition) is 0. The van der Waals surface area contributed by atoms with Crippen LogP contribution in [0.4, 0.5) is 0 Å². The highest BCUT2D eigenvalue weighted by molar-refractivity contribution is 7.99. The van der Waals surface area contributed by atoms with Crippen LogP contribution in [0.2, 0.25) is 0 Å². The molecule has 1 aliphatic carbocycles. The van der Waals surface area contributed by atoms with Gasteiger partial charge in [0.25, 0.3) is 0 Å². The van der Waals surface area contributed by atoms with Gasteiger partial charge in [-0.3, -0.25) is 0 Å². The molecule has 3 rings (SSSR count). The molecule has 1 nitrogen and oxygen atoms in total. The van der Waals surface area contributed by atoms with Gasteiger partial charge in [0.15, 0.2) is 0 Å². The lowest BCUT2D eigenvalue weighted by Crippen LogP contribution is -2.11. The van der Waals surface area contributed by atoms with Gasteiger partial charge in [-0.15, -0.1) is 0 Å². The van der Waals surface area contributed by atoms with E-state index in [1.54, 1.807) is 11.1 Å². The molecule has 110 valence electrons. The van der Waals surface area contributed by atoms with Crippen molar-refractivity contribution in [3.8, 4) is 0 Å². The van der Waals surface area contributed by atoms with Gasteiger partial charge in [0.05, 0.1) is 0 Å². The molecule has 21 heavy (non-hydrogen) atoms. The predicted molar refractivity (Wildman–Crippen MR) is 91.0 cm³/mol. The average molecular weight is 297 g/mol. The van der Waals surface area contributed by atoms with Crippen LogP contribution < -0.4 is 0 Å². The lowest BCUT2D eigenvalue weighted by Gasteiger charge is -2.20. The lowest BCUT2D eigenvalue weighted by molar-refractivity contribution is 0.399. The van der Waals surface area contributed by atoms with Crippen LogP contribution in [0.25, 0.3) is 0 Å². The van der Waals surface area contributed by atoms with E-state index in [9.17, 15) is 0 Å². The van der Waals surface area contributed by atoms with Crippen LogP contribution in [0.15, 0.2) is 52.3 Å². The third kappa shape index (κ3) is 3.50. The second-order valence-corrected chi connectivity index (χ2v) is 7.13. The molecule has 0 bridgehead atoms. The van der Waals surface area contributed by atoms with Crippen LogP contribution in [0, 0.1) is 0 Å². The maximum Gasteiger partial charge on any atom is 0.0238 e. The predicted octanol–water partition coefficient (Wildman–Crippen LogP) is 4.78. The van der Waals surface area contributed by atoms with E-state index in [0.29, 0.717) is 0 Å². The first-order chi connectivity index (χ1) is 10.2. The molecule has 0 unspecified atom stereocenters. The standard InChI is InChI=1S/C19H23NS/c1-20(2)14-16-9-4-6-12-18(16)21-19-13-7-10-15-8-3-5-11-17(15)19/h4,6-7,9-10,12-13H,3,5,8,11,14H2,1-2H3. The summed E-state index contributed by atoms with van der Waals surface area (Å²) >= 11 is 1.94. The Morgan fingerprint density at radius 2 is 1.67 bits per heavy atom. The zero-order valence-electron chi connectivity index (χ0n) is 12.9. The van der Waals surface area contributed by atoms with Crippen molar-refractivity contribution in [2.45, 2.75) is 42.0 Å². The molecule has 0 spiro atoms. The first-order valence-corrected chi connectivity index (χ1v) is 8.57. The minimum absolute atomic E-state index is 0.998. The van der Waals surface area contributed by atoms with Crippen LogP contribution >= 0.6 is 11.8 Å². The molecule has 2 aromatic rings. The molecule has 0 radical (unpaired) electrons. The van der Waals surface area contributed by atoms with Crippen molar-refractivity contribution < 1.29 is 0 Å². The van der Waals surface area contributed by atoms with Crippen LogP contribution in [0.1, 0.15) is 29.5 Å². The summed E-state index contributed by atoms with van der Waals surface area (Å²) in [7, 11) is 4.26. The lowest BCUT2D eigenvalue weighted by atomic mass is 9.92. The molecule has 0 amide bonds. The molecule has 0 atom stereocenters. The maximum absolute atomic E-state index is 2.31. The van der Waals surface area contributed by atoms with Gasteiger partial charge in [0, 0.05) is 16.3 Å². The van der Waals surface area contributed by atoms with E-state index in [2.05, 4.69) is 61.5 Å². The quantitative estimate of drug-likeness (QED) is 0.799.